The number of furan rings is 1. The number of aromatic nitrogens is 3. The molecular weight excluding hydrogens is 306 g/mol. The summed E-state index contributed by atoms with van der Waals surface area (Å²) in [6.07, 6.45) is 7.47. The Morgan fingerprint density at radius 1 is 1.42 bits per heavy atom. The van der Waals surface area contributed by atoms with Gasteiger partial charge in [0.25, 0.3) is 5.91 Å². The first-order valence-electron chi connectivity index (χ1n) is 8.65. The summed E-state index contributed by atoms with van der Waals surface area (Å²) >= 11 is 0. The summed E-state index contributed by atoms with van der Waals surface area (Å²) in [5.41, 5.74) is 1.62. The summed E-state index contributed by atoms with van der Waals surface area (Å²) in [5, 5.41) is 8.31. The Bertz CT molecular complexity index is 648. The molecule has 0 unspecified atom stereocenters. The van der Waals surface area contributed by atoms with Gasteiger partial charge in [-0.1, -0.05) is 5.21 Å². The van der Waals surface area contributed by atoms with Gasteiger partial charge in [0.15, 0.2) is 5.69 Å². The van der Waals surface area contributed by atoms with E-state index in [1.165, 1.54) is 5.56 Å². The molecule has 1 atom stereocenters. The maximum Gasteiger partial charge on any atom is 0.276 e. The van der Waals surface area contributed by atoms with Crippen LogP contribution < -0.4 is 0 Å². The van der Waals surface area contributed by atoms with Gasteiger partial charge in [-0.3, -0.25) is 9.69 Å². The van der Waals surface area contributed by atoms with Crippen LogP contribution in [0.4, 0.5) is 0 Å². The van der Waals surface area contributed by atoms with E-state index < -0.39 is 0 Å². The van der Waals surface area contributed by atoms with E-state index in [9.17, 15) is 4.79 Å². The van der Waals surface area contributed by atoms with Crippen molar-refractivity contribution in [2.24, 2.45) is 0 Å². The molecule has 130 valence electrons. The van der Waals surface area contributed by atoms with Crippen LogP contribution in [0.2, 0.25) is 0 Å². The van der Waals surface area contributed by atoms with E-state index in [1.54, 1.807) is 23.6 Å². The molecule has 2 aromatic rings. The first kappa shape index (κ1) is 16.7. The number of rotatable bonds is 6. The van der Waals surface area contributed by atoms with Gasteiger partial charge in [0, 0.05) is 31.7 Å². The minimum absolute atomic E-state index is 0.0442. The molecule has 0 aromatic carbocycles. The summed E-state index contributed by atoms with van der Waals surface area (Å²) in [6.45, 7) is 8.18. The predicted octanol–water partition coefficient (Wildman–Crippen LogP) is 2.19. The van der Waals surface area contributed by atoms with E-state index in [1.807, 2.05) is 24.6 Å². The SMILES string of the molecule is CCN(CC)C(=O)c1cn([C@@H]2CCCN(Cc3ccoc3)C2)nn1. The lowest BCUT2D eigenvalue weighted by molar-refractivity contribution is 0.0767. The molecule has 24 heavy (non-hydrogen) atoms. The van der Waals surface area contributed by atoms with Crippen molar-refractivity contribution in [3.63, 3.8) is 0 Å². The molecule has 1 saturated heterocycles. The number of hydrogen-bond donors (Lipinski definition) is 0. The van der Waals surface area contributed by atoms with Gasteiger partial charge in [-0.25, -0.2) is 4.68 Å². The molecule has 0 saturated carbocycles. The number of piperidine rings is 1. The molecule has 2 aromatic heterocycles. The van der Waals surface area contributed by atoms with E-state index in [-0.39, 0.29) is 11.9 Å². The molecule has 7 nitrogen and oxygen atoms in total. The molecule has 0 spiro atoms. The minimum Gasteiger partial charge on any atom is -0.472 e. The molecule has 0 aliphatic carbocycles. The maximum atomic E-state index is 12.4. The molecule has 0 bridgehead atoms. The first-order chi connectivity index (χ1) is 11.7. The minimum atomic E-state index is -0.0442. The maximum absolute atomic E-state index is 12.4. The zero-order valence-electron chi connectivity index (χ0n) is 14.4. The first-order valence-corrected chi connectivity index (χ1v) is 8.65. The van der Waals surface area contributed by atoms with Crippen LogP contribution in [0.3, 0.4) is 0 Å². The molecule has 0 radical (unpaired) electrons. The molecule has 3 heterocycles. The Kier molecular flexibility index (Phi) is 5.30. The topological polar surface area (TPSA) is 67.4 Å². The Morgan fingerprint density at radius 3 is 2.96 bits per heavy atom. The average molecular weight is 331 g/mol. The molecule has 1 fully saturated rings. The highest BCUT2D eigenvalue weighted by atomic mass is 16.3. The fourth-order valence-electron chi connectivity index (χ4n) is 3.26. The van der Waals surface area contributed by atoms with Gasteiger partial charge in [0.1, 0.15) is 0 Å². The Hall–Kier alpha value is -2.15. The second-order valence-electron chi connectivity index (χ2n) is 6.22. The molecule has 1 amide bonds. The van der Waals surface area contributed by atoms with E-state index >= 15 is 0 Å². The zero-order valence-corrected chi connectivity index (χ0v) is 14.4. The number of amides is 1. The Morgan fingerprint density at radius 2 is 2.25 bits per heavy atom. The Labute approximate surface area is 142 Å². The third-order valence-electron chi connectivity index (χ3n) is 4.62. The number of hydrogen-bond acceptors (Lipinski definition) is 5. The monoisotopic (exact) mass is 331 g/mol. The van der Waals surface area contributed by atoms with Crippen molar-refractivity contribution in [2.75, 3.05) is 26.2 Å². The van der Waals surface area contributed by atoms with Crippen molar-refractivity contribution in [1.82, 2.24) is 24.8 Å². The van der Waals surface area contributed by atoms with Crippen LogP contribution in [0.25, 0.3) is 0 Å². The normalized spacial score (nSPS) is 18.7. The van der Waals surface area contributed by atoms with Crippen LogP contribution in [0.1, 0.15) is 48.8 Å². The molecular formula is C17H25N5O2. The Balaban J connectivity index is 1.65. The van der Waals surface area contributed by atoms with Crippen LogP contribution in [0.15, 0.2) is 29.2 Å². The van der Waals surface area contributed by atoms with Gasteiger partial charge in [-0.15, -0.1) is 5.10 Å². The summed E-state index contributed by atoms with van der Waals surface area (Å²) < 4.78 is 7.00. The highest BCUT2D eigenvalue weighted by Crippen LogP contribution is 2.22. The lowest BCUT2D eigenvalue weighted by atomic mass is 10.1. The van der Waals surface area contributed by atoms with Crippen molar-refractivity contribution >= 4 is 5.91 Å². The van der Waals surface area contributed by atoms with Crippen molar-refractivity contribution in [3.05, 3.63) is 36.0 Å². The second kappa shape index (κ2) is 7.61. The second-order valence-corrected chi connectivity index (χ2v) is 6.22. The van der Waals surface area contributed by atoms with Gasteiger partial charge in [0.2, 0.25) is 0 Å². The lowest BCUT2D eigenvalue weighted by Crippen LogP contribution is -2.36. The van der Waals surface area contributed by atoms with E-state index in [4.69, 9.17) is 4.42 Å². The van der Waals surface area contributed by atoms with E-state index in [0.29, 0.717) is 18.8 Å². The number of carbonyl (C=O) groups is 1. The van der Waals surface area contributed by atoms with Crippen LogP contribution in [0.5, 0.6) is 0 Å². The third kappa shape index (κ3) is 3.67. The highest BCUT2D eigenvalue weighted by Gasteiger charge is 2.24. The van der Waals surface area contributed by atoms with Crippen LogP contribution in [-0.4, -0.2) is 56.9 Å². The van der Waals surface area contributed by atoms with Crippen LogP contribution >= 0.6 is 0 Å². The van der Waals surface area contributed by atoms with Crippen molar-refractivity contribution in [2.45, 2.75) is 39.3 Å². The van der Waals surface area contributed by atoms with Gasteiger partial charge >= 0.3 is 0 Å². The summed E-state index contributed by atoms with van der Waals surface area (Å²) in [4.78, 5) is 16.5. The van der Waals surface area contributed by atoms with Crippen molar-refractivity contribution in [1.29, 1.82) is 0 Å². The van der Waals surface area contributed by atoms with Crippen molar-refractivity contribution in [3.8, 4) is 0 Å². The van der Waals surface area contributed by atoms with Crippen LogP contribution in [0, 0.1) is 0 Å². The fourth-order valence-corrected chi connectivity index (χ4v) is 3.26. The molecule has 0 N–H and O–H groups in total. The number of nitrogens with zero attached hydrogens (tertiary/aromatic N) is 5. The molecule has 3 rings (SSSR count). The summed E-state index contributed by atoms with van der Waals surface area (Å²) in [7, 11) is 0. The standard InChI is InChI=1S/C17H25N5O2/c1-3-21(4-2)17(23)16-12-22(19-18-16)15-6-5-8-20(11-15)10-14-7-9-24-13-14/h7,9,12-13,15H,3-6,8,10-11H2,1-2H3/t15-/m1/s1. The predicted molar refractivity (Wildman–Crippen MR) is 89.5 cm³/mol. The van der Waals surface area contributed by atoms with Crippen molar-refractivity contribution < 1.29 is 9.21 Å². The van der Waals surface area contributed by atoms with Crippen LogP contribution in [-0.2, 0) is 6.54 Å². The number of carbonyl (C=O) groups excluding carboxylic acids is 1. The van der Waals surface area contributed by atoms with Gasteiger partial charge in [-0.05, 0) is 39.3 Å². The largest absolute Gasteiger partial charge is 0.472 e. The van der Waals surface area contributed by atoms with E-state index in [2.05, 4.69) is 15.2 Å². The molecule has 7 heteroatoms. The smallest absolute Gasteiger partial charge is 0.276 e. The fraction of sp³-hybridized carbons (Fsp3) is 0.588. The van der Waals surface area contributed by atoms with Gasteiger partial charge in [0.05, 0.1) is 24.8 Å². The quantitative estimate of drug-likeness (QED) is 0.812. The highest BCUT2D eigenvalue weighted by molar-refractivity contribution is 5.91. The molecule has 1 aliphatic heterocycles. The zero-order chi connectivity index (χ0) is 16.9. The average Bonchev–Trinajstić information content (AvgIpc) is 3.28. The van der Waals surface area contributed by atoms with E-state index in [0.717, 1.165) is 32.5 Å². The van der Waals surface area contributed by atoms with Gasteiger partial charge < -0.3 is 9.32 Å². The third-order valence-corrected chi connectivity index (χ3v) is 4.62. The van der Waals surface area contributed by atoms with Gasteiger partial charge in [-0.2, -0.15) is 0 Å². The molecule has 1 aliphatic rings. The summed E-state index contributed by atoms with van der Waals surface area (Å²) in [5.74, 6) is -0.0442. The lowest BCUT2D eigenvalue weighted by Gasteiger charge is -2.32. The summed E-state index contributed by atoms with van der Waals surface area (Å²) in [6, 6.07) is 2.26. The number of likely N-dealkylation sites (tertiary alicyclic amines) is 1.